The fourth-order valence-electron chi connectivity index (χ4n) is 1.30. The molecule has 3 N–H and O–H groups in total. The fourth-order valence-corrected chi connectivity index (χ4v) is 1.30. The molecule has 0 saturated heterocycles. The average molecular weight is 218 g/mol. The summed E-state index contributed by atoms with van der Waals surface area (Å²) >= 11 is 0. The van der Waals surface area contributed by atoms with Crippen LogP contribution in [0, 0.1) is 0 Å². The number of hydrogen-bond donors (Lipinski definition) is 2. The number of aliphatic hydroxyl groups excluding tert-OH is 1. The van der Waals surface area contributed by atoms with E-state index in [2.05, 4.69) is 4.98 Å². The third-order valence-electron chi connectivity index (χ3n) is 2.00. The summed E-state index contributed by atoms with van der Waals surface area (Å²) in [7, 11) is 1.37. The molecule has 1 aromatic rings. The molecule has 0 aliphatic carbocycles. The van der Waals surface area contributed by atoms with Crippen LogP contribution in [-0.4, -0.2) is 17.2 Å². The van der Waals surface area contributed by atoms with Gasteiger partial charge in [0.15, 0.2) is 0 Å². The largest absolute Gasteiger partial charge is 0.481 e. The number of ether oxygens (including phenoxy) is 1. The molecule has 0 bridgehead atoms. The molecule has 0 saturated carbocycles. The van der Waals surface area contributed by atoms with Crippen LogP contribution in [0.2, 0.25) is 0 Å². The average Bonchev–Trinajstić information content (AvgIpc) is 2.26. The minimum absolute atomic E-state index is 0.0500. The molecule has 0 amide bonds. The Morgan fingerprint density at radius 3 is 2.67 bits per heavy atom. The lowest BCUT2D eigenvalue weighted by atomic mass is 10.1. The van der Waals surface area contributed by atoms with E-state index in [1.165, 1.54) is 13.2 Å². The first kappa shape index (κ1) is 11.8. The summed E-state index contributed by atoms with van der Waals surface area (Å²) in [6.45, 7) is -0.616. The molecule has 0 aromatic carbocycles. The van der Waals surface area contributed by atoms with Crippen molar-refractivity contribution in [3.8, 4) is 5.88 Å². The van der Waals surface area contributed by atoms with Gasteiger partial charge in [-0.25, -0.2) is 13.8 Å². The standard InChI is InChI=1S/C9H12F2N2O2/c1-15-7-2-5(3-12)8(9(10)11)6(4-14)13-7/h2,9,14H,3-4,12H2,1H3. The number of nitrogens with two attached hydrogens (primary N) is 1. The lowest BCUT2D eigenvalue weighted by Gasteiger charge is -2.12. The van der Waals surface area contributed by atoms with Crippen molar-refractivity contribution < 1.29 is 18.6 Å². The Bertz CT molecular complexity index is 320. The SMILES string of the molecule is COc1cc(CN)c(C(F)F)c(CO)n1. The van der Waals surface area contributed by atoms with E-state index in [1.807, 2.05) is 0 Å². The highest BCUT2D eigenvalue weighted by atomic mass is 19.3. The van der Waals surface area contributed by atoms with Gasteiger partial charge in [0.05, 0.1) is 19.4 Å². The Morgan fingerprint density at radius 1 is 1.60 bits per heavy atom. The molecule has 15 heavy (non-hydrogen) atoms. The van der Waals surface area contributed by atoms with Crippen molar-refractivity contribution in [1.29, 1.82) is 0 Å². The molecule has 0 radical (unpaired) electrons. The second-order valence-corrected chi connectivity index (χ2v) is 2.85. The highest BCUT2D eigenvalue weighted by molar-refractivity contribution is 5.35. The second-order valence-electron chi connectivity index (χ2n) is 2.85. The lowest BCUT2D eigenvalue weighted by molar-refractivity contribution is 0.144. The van der Waals surface area contributed by atoms with Gasteiger partial charge in [-0.3, -0.25) is 0 Å². The number of aliphatic hydroxyl groups is 1. The first-order valence-electron chi connectivity index (χ1n) is 4.29. The Kier molecular flexibility index (Phi) is 3.93. The highest BCUT2D eigenvalue weighted by Gasteiger charge is 2.19. The zero-order valence-electron chi connectivity index (χ0n) is 8.20. The fraction of sp³-hybridized carbons (Fsp3) is 0.444. The number of nitrogens with zero attached hydrogens (tertiary/aromatic N) is 1. The topological polar surface area (TPSA) is 68.4 Å². The second kappa shape index (κ2) is 4.99. The van der Waals surface area contributed by atoms with Crippen LogP contribution in [0.25, 0.3) is 0 Å². The monoisotopic (exact) mass is 218 g/mol. The van der Waals surface area contributed by atoms with Crippen molar-refractivity contribution in [1.82, 2.24) is 4.98 Å². The summed E-state index contributed by atoms with van der Waals surface area (Å²) in [5, 5.41) is 8.92. The molecule has 0 spiro atoms. The molecule has 1 rings (SSSR count). The Labute approximate surface area is 85.7 Å². The molecular weight excluding hydrogens is 206 g/mol. The smallest absolute Gasteiger partial charge is 0.266 e. The van der Waals surface area contributed by atoms with Gasteiger partial charge in [0.1, 0.15) is 0 Å². The van der Waals surface area contributed by atoms with E-state index in [0.29, 0.717) is 0 Å². The van der Waals surface area contributed by atoms with Crippen molar-refractivity contribution in [3.05, 3.63) is 22.9 Å². The van der Waals surface area contributed by atoms with Crippen molar-refractivity contribution in [3.63, 3.8) is 0 Å². The van der Waals surface area contributed by atoms with Crippen LogP contribution in [0.4, 0.5) is 8.78 Å². The summed E-state index contributed by atoms with van der Waals surface area (Å²) in [5.41, 5.74) is 5.18. The Hall–Kier alpha value is -1.27. The first-order chi connectivity index (χ1) is 7.13. The summed E-state index contributed by atoms with van der Waals surface area (Å²) in [6.07, 6.45) is -2.70. The van der Waals surface area contributed by atoms with Crippen LogP contribution in [0.15, 0.2) is 6.07 Å². The summed E-state index contributed by atoms with van der Waals surface area (Å²) in [5.74, 6) is 0.170. The lowest BCUT2D eigenvalue weighted by Crippen LogP contribution is -2.09. The number of halogens is 2. The number of aromatic nitrogens is 1. The van der Waals surface area contributed by atoms with Gasteiger partial charge in [0, 0.05) is 18.2 Å². The van der Waals surface area contributed by atoms with E-state index in [1.54, 1.807) is 0 Å². The van der Waals surface area contributed by atoms with Gasteiger partial charge < -0.3 is 15.6 Å². The third kappa shape index (κ3) is 2.40. The van der Waals surface area contributed by atoms with Crippen molar-refractivity contribution in [2.75, 3.05) is 7.11 Å². The maximum Gasteiger partial charge on any atom is 0.266 e. The number of alkyl halides is 2. The summed E-state index contributed by atoms with van der Waals surface area (Å²) in [4.78, 5) is 3.73. The van der Waals surface area contributed by atoms with Gasteiger partial charge >= 0.3 is 0 Å². The molecule has 1 aromatic heterocycles. The summed E-state index contributed by atoms with van der Waals surface area (Å²) in [6, 6.07) is 1.35. The molecule has 4 nitrogen and oxygen atoms in total. The molecule has 0 aliphatic heterocycles. The normalized spacial score (nSPS) is 10.8. The van der Waals surface area contributed by atoms with Gasteiger partial charge in [-0.2, -0.15) is 0 Å². The predicted octanol–water partition coefficient (Wildman–Crippen LogP) is 0.979. The van der Waals surface area contributed by atoms with Gasteiger partial charge in [0.2, 0.25) is 5.88 Å². The molecule has 0 unspecified atom stereocenters. The van der Waals surface area contributed by atoms with E-state index < -0.39 is 13.0 Å². The number of pyridine rings is 1. The zero-order chi connectivity index (χ0) is 11.4. The molecule has 0 aliphatic rings. The van der Waals surface area contributed by atoms with Gasteiger partial charge in [0.25, 0.3) is 6.43 Å². The maximum absolute atomic E-state index is 12.7. The van der Waals surface area contributed by atoms with Gasteiger partial charge in [-0.15, -0.1) is 0 Å². The number of rotatable bonds is 4. The molecule has 0 fully saturated rings. The van der Waals surface area contributed by atoms with Crippen molar-refractivity contribution >= 4 is 0 Å². The Balaban J connectivity index is 3.32. The van der Waals surface area contributed by atoms with Crippen LogP contribution >= 0.6 is 0 Å². The predicted molar refractivity (Wildman–Crippen MR) is 49.6 cm³/mol. The third-order valence-corrected chi connectivity index (χ3v) is 2.00. The summed E-state index contributed by atoms with van der Waals surface area (Å²) < 4.78 is 30.1. The van der Waals surface area contributed by atoms with E-state index in [9.17, 15) is 8.78 Å². The van der Waals surface area contributed by atoms with Crippen molar-refractivity contribution in [2.45, 2.75) is 19.6 Å². The molecule has 6 heteroatoms. The van der Waals surface area contributed by atoms with E-state index in [-0.39, 0.29) is 29.2 Å². The minimum atomic E-state index is -2.70. The van der Waals surface area contributed by atoms with E-state index in [0.717, 1.165) is 0 Å². The van der Waals surface area contributed by atoms with E-state index in [4.69, 9.17) is 15.6 Å². The minimum Gasteiger partial charge on any atom is -0.481 e. The number of methoxy groups -OCH3 is 1. The van der Waals surface area contributed by atoms with Crippen molar-refractivity contribution in [2.24, 2.45) is 5.73 Å². The van der Waals surface area contributed by atoms with Crippen LogP contribution in [0.1, 0.15) is 23.2 Å². The first-order valence-corrected chi connectivity index (χ1v) is 4.29. The van der Waals surface area contributed by atoms with Crippen LogP contribution in [-0.2, 0) is 13.2 Å². The van der Waals surface area contributed by atoms with Gasteiger partial charge in [-0.1, -0.05) is 0 Å². The van der Waals surface area contributed by atoms with Crippen LogP contribution in [0.3, 0.4) is 0 Å². The molecular formula is C9H12F2N2O2. The zero-order valence-corrected chi connectivity index (χ0v) is 8.20. The highest BCUT2D eigenvalue weighted by Crippen LogP contribution is 2.28. The number of hydrogen-bond acceptors (Lipinski definition) is 4. The molecule has 0 atom stereocenters. The van der Waals surface area contributed by atoms with Crippen LogP contribution < -0.4 is 10.5 Å². The Morgan fingerprint density at radius 2 is 2.27 bits per heavy atom. The maximum atomic E-state index is 12.7. The van der Waals surface area contributed by atoms with Gasteiger partial charge in [-0.05, 0) is 5.56 Å². The molecule has 84 valence electrons. The molecule has 1 heterocycles. The van der Waals surface area contributed by atoms with Crippen LogP contribution in [0.5, 0.6) is 5.88 Å². The van der Waals surface area contributed by atoms with E-state index >= 15 is 0 Å². The quantitative estimate of drug-likeness (QED) is 0.790.